The molecule has 0 aliphatic rings. The SMILES string of the molecule is CC(Br)C(=O)c1c(/C=C/c2ccccc2[N+](=O)[O-])n(S(=O)(=O)c2ccccc2)c2ccccc12. The Balaban J connectivity index is 2.07. The number of nitro benzene ring substituents is 1. The number of hydrogen-bond acceptors (Lipinski definition) is 5. The lowest BCUT2D eigenvalue weighted by molar-refractivity contribution is -0.385. The Morgan fingerprint density at radius 2 is 1.59 bits per heavy atom. The molecule has 0 bridgehead atoms. The number of fused-ring (bicyclic) bond motifs is 1. The van der Waals surface area contributed by atoms with Gasteiger partial charge in [-0.2, -0.15) is 0 Å². The maximum absolute atomic E-state index is 13.8. The van der Waals surface area contributed by atoms with E-state index < -0.39 is 19.8 Å². The predicted octanol–water partition coefficient (Wildman–Crippen LogP) is 5.92. The molecular weight excluding hydrogens is 520 g/mol. The van der Waals surface area contributed by atoms with Crippen LogP contribution in [0, 0.1) is 10.1 Å². The zero-order valence-electron chi connectivity index (χ0n) is 18.0. The molecule has 7 nitrogen and oxygen atoms in total. The van der Waals surface area contributed by atoms with Crippen molar-refractivity contribution in [2.24, 2.45) is 0 Å². The molecule has 4 aromatic rings. The van der Waals surface area contributed by atoms with Gasteiger partial charge in [-0.1, -0.05) is 64.5 Å². The number of carbonyl (C=O) groups is 1. The molecule has 0 fully saturated rings. The monoisotopic (exact) mass is 538 g/mol. The van der Waals surface area contributed by atoms with Crippen LogP contribution in [0.15, 0.2) is 83.8 Å². The Morgan fingerprint density at radius 1 is 0.971 bits per heavy atom. The summed E-state index contributed by atoms with van der Waals surface area (Å²) in [4.78, 5) is 23.7. The van der Waals surface area contributed by atoms with Gasteiger partial charge in [-0.15, -0.1) is 0 Å². The van der Waals surface area contributed by atoms with Gasteiger partial charge in [-0.05, 0) is 43.3 Å². The summed E-state index contributed by atoms with van der Waals surface area (Å²) < 4.78 is 28.6. The van der Waals surface area contributed by atoms with E-state index in [2.05, 4.69) is 15.9 Å². The van der Waals surface area contributed by atoms with Crippen LogP contribution < -0.4 is 0 Å². The number of ketones is 1. The summed E-state index contributed by atoms with van der Waals surface area (Å²) in [7, 11) is -4.10. The summed E-state index contributed by atoms with van der Waals surface area (Å²) in [5.41, 5.74) is 0.833. The van der Waals surface area contributed by atoms with E-state index in [0.717, 1.165) is 3.97 Å². The van der Waals surface area contributed by atoms with Crippen molar-refractivity contribution in [3.05, 3.63) is 106 Å². The molecule has 1 heterocycles. The van der Waals surface area contributed by atoms with Crippen LogP contribution in [-0.4, -0.2) is 27.9 Å². The second kappa shape index (κ2) is 9.36. The van der Waals surface area contributed by atoms with Gasteiger partial charge in [-0.3, -0.25) is 14.9 Å². The minimum Gasteiger partial charge on any atom is -0.293 e. The van der Waals surface area contributed by atoms with E-state index in [4.69, 9.17) is 0 Å². The van der Waals surface area contributed by atoms with E-state index in [1.807, 2.05) is 0 Å². The highest BCUT2D eigenvalue weighted by molar-refractivity contribution is 9.10. The van der Waals surface area contributed by atoms with Crippen molar-refractivity contribution >= 4 is 60.5 Å². The standard InChI is InChI=1S/C25H19BrN2O5S/c1-17(26)25(29)24-20-12-6-8-14-22(20)27(34(32,33)19-10-3-2-4-11-19)23(24)16-15-18-9-5-7-13-21(18)28(30)31/h2-17H,1H3/b16-15+. The molecule has 0 amide bonds. The second-order valence-electron chi connectivity index (χ2n) is 7.49. The Kier molecular flexibility index (Phi) is 6.49. The molecule has 0 aliphatic carbocycles. The smallest absolute Gasteiger partial charge is 0.276 e. The molecular formula is C25H19BrN2O5S. The molecule has 9 heteroatoms. The second-order valence-corrected chi connectivity index (χ2v) is 10.6. The highest BCUT2D eigenvalue weighted by atomic mass is 79.9. The normalized spacial score (nSPS) is 12.8. The third-order valence-electron chi connectivity index (χ3n) is 5.31. The fourth-order valence-corrected chi connectivity index (χ4v) is 5.53. The van der Waals surface area contributed by atoms with Crippen LogP contribution >= 0.6 is 15.9 Å². The van der Waals surface area contributed by atoms with Crippen LogP contribution in [-0.2, 0) is 10.0 Å². The van der Waals surface area contributed by atoms with Crippen LogP contribution in [0.4, 0.5) is 5.69 Å². The number of nitro groups is 1. The van der Waals surface area contributed by atoms with E-state index >= 15 is 0 Å². The molecule has 34 heavy (non-hydrogen) atoms. The zero-order chi connectivity index (χ0) is 24.5. The fraction of sp³-hybridized carbons (Fsp3) is 0.0800. The molecule has 172 valence electrons. The molecule has 0 saturated heterocycles. The van der Waals surface area contributed by atoms with Crippen molar-refractivity contribution in [3.8, 4) is 0 Å². The third-order valence-corrected chi connectivity index (χ3v) is 7.47. The topological polar surface area (TPSA) is 99.3 Å². The Morgan fingerprint density at radius 3 is 2.26 bits per heavy atom. The van der Waals surface area contributed by atoms with Crippen LogP contribution in [0.2, 0.25) is 0 Å². The van der Waals surface area contributed by atoms with Gasteiger partial charge in [-0.25, -0.2) is 12.4 Å². The number of halogens is 1. The minimum atomic E-state index is -4.10. The number of aromatic nitrogens is 1. The summed E-state index contributed by atoms with van der Waals surface area (Å²) in [6.07, 6.45) is 2.91. The lowest BCUT2D eigenvalue weighted by Crippen LogP contribution is -2.17. The number of benzene rings is 3. The highest BCUT2D eigenvalue weighted by Gasteiger charge is 2.29. The largest absolute Gasteiger partial charge is 0.293 e. The van der Waals surface area contributed by atoms with Crippen LogP contribution in [0.1, 0.15) is 28.5 Å². The molecule has 1 atom stereocenters. The fourth-order valence-electron chi connectivity index (χ4n) is 3.76. The number of hydrogen-bond donors (Lipinski definition) is 0. The summed E-state index contributed by atoms with van der Waals surface area (Å²) in [6, 6.07) is 20.8. The van der Waals surface area contributed by atoms with Crippen molar-refractivity contribution in [2.45, 2.75) is 16.6 Å². The van der Waals surface area contributed by atoms with Crippen molar-refractivity contribution in [2.75, 3.05) is 0 Å². The van der Waals surface area contributed by atoms with Gasteiger partial charge in [0.1, 0.15) is 0 Å². The zero-order valence-corrected chi connectivity index (χ0v) is 20.4. The van der Waals surface area contributed by atoms with Crippen molar-refractivity contribution in [1.82, 2.24) is 3.97 Å². The Bertz CT molecular complexity index is 1540. The van der Waals surface area contributed by atoms with Crippen molar-refractivity contribution in [1.29, 1.82) is 0 Å². The molecule has 0 N–H and O–H groups in total. The summed E-state index contributed by atoms with van der Waals surface area (Å²) in [5.74, 6) is -0.305. The summed E-state index contributed by atoms with van der Waals surface area (Å²) in [5, 5.41) is 11.9. The number of Topliss-reactive ketones (excluding diaryl/α,β-unsaturated/α-hetero) is 1. The van der Waals surface area contributed by atoms with Crippen molar-refractivity contribution < 1.29 is 18.1 Å². The molecule has 3 aromatic carbocycles. The number of alkyl halides is 1. The highest BCUT2D eigenvalue weighted by Crippen LogP contribution is 2.34. The Hall–Kier alpha value is -3.56. The van der Waals surface area contributed by atoms with Gasteiger partial charge in [0.15, 0.2) is 5.78 Å². The predicted molar refractivity (Wildman–Crippen MR) is 136 cm³/mol. The molecule has 0 spiro atoms. The first-order valence-corrected chi connectivity index (χ1v) is 12.6. The maximum Gasteiger partial charge on any atom is 0.276 e. The average Bonchev–Trinajstić information content (AvgIpc) is 3.17. The molecule has 0 radical (unpaired) electrons. The summed E-state index contributed by atoms with van der Waals surface area (Å²) >= 11 is 3.31. The van der Waals surface area contributed by atoms with Gasteiger partial charge in [0.25, 0.3) is 15.7 Å². The van der Waals surface area contributed by atoms with Gasteiger partial charge >= 0.3 is 0 Å². The number of rotatable bonds is 7. The molecule has 0 saturated carbocycles. The quantitative estimate of drug-likeness (QED) is 0.126. The van der Waals surface area contributed by atoms with Crippen LogP contribution in [0.5, 0.6) is 0 Å². The first kappa shape index (κ1) is 23.6. The average molecular weight is 539 g/mol. The lowest BCUT2D eigenvalue weighted by atomic mass is 10.0. The molecule has 1 aromatic heterocycles. The van der Waals surface area contributed by atoms with E-state index in [0.29, 0.717) is 10.9 Å². The van der Waals surface area contributed by atoms with E-state index in [1.165, 1.54) is 30.4 Å². The van der Waals surface area contributed by atoms with Crippen LogP contribution in [0.25, 0.3) is 23.1 Å². The third kappa shape index (κ3) is 4.20. The van der Waals surface area contributed by atoms with Crippen LogP contribution in [0.3, 0.4) is 0 Å². The first-order chi connectivity index (χ1) is 16.2. The maximum atomic E-state index is 13.8. The van der Waals surface area contributed by atoms with E-state index in [-0.39, 0.29) is 33.2 Å². The van der Waals surface area contributed by atoms with Gasteiger partial charge in [0, 0.05) is 11.5 Å². The lowest BCUT2D eigenvalue weighted by Gasteiger charge is -2.11. The number of carbonyl (C=O) groups excluding carboxylic acids is 1. The van der Waals surface area contributed by atoms with Crippen molar-refractivity contribution in [3.63, 3.8) is 0 Å². The Labute approximate surface area is 204 Å². The van der Waals surface area contributed by atoms with Gasteiger partial charge in [0.05, 0.1) is 37.0 Å². The summed E-state index contributed by atoms with van der Waals surface area (Å²) in [6.45, 7) is 1.66. The van der Waals surface area contributed by atoms with E-state index in [1.54, 1.807) is 67.6 Å². The number of para-hydroxylation sites is 2. The molecule has 1 unspecified atom stereocenters. The molecule has 4 rings (SSSR count). The number of nitrogens with zero attached hydrogens (tertiary/aromatic N) is 2. The van der Waals surface area contributed by atoms with E-state index in [9.17, 15) is 23.3 Å². The van der Waals surface area contributed by atoms with Gasteiger partial charge in [0.2, 0.25) is 0 Å². The minimum absolute atomic E-state index is 0.0574. The molecule has 0 aliphatic heterocycles. The van der Waals surface area contributed by atoms with Gasteiger partial charge < -0.3 is 0 Å². The first-order valence-electron chi connectivity index (χ1n) is 10.3.